The summed E-state index contributed by atoms with van der Waals surface area (Å²) in [5.74, 6) is 0.899. The Morgan fingerprint density at radius 3 is 2.94 bits per heavy atom. The van der Waals surface area contributed by atoms with Crippen molar-refractivity contribution in [2.45, 2.75) is 20.4 Å². The summed E-state index contributed by atoms with van der Waals surface area (Å²) in [6.45, 7) is 5.35. The van der Waals surface area contributed by atoms with E-state index in [2.05, 4.69) is 16.7 Å². The van der Waals surface area contributed by atoms with Crippen LogP contribution in [0.1, 0.15) is 18.9 Å². The summed E-state index contributed by atoms with van der Waals surface area (Å²) in [6.07, 6.45) is 2.03. The van der Waals surface area contributed by atoms with E-state index < -0.39 is 0 Å². The summed E-state index contributed by atoms with van der Waals surface area (Å²) < 4.78 is 8.82. The molecule has 96 valence electrons. The number of aliphatic hydroxyl groups is 1. The Hall–Kier alpha value is -1.39. The van der Waals surface area contributed by atoms with Gasteiger partial charge in [0, 0.05) is 6.07 Å². The van der Waals surface area contributed by atoms with Crippen LogP contribution in [0.4, 0.5) is 0 Å². The average Bonchev–Trinajstić information content (AvgIpc) is 2.68. The van der Waals surface area contributed by atoms with Gasteiger partial charge in [-0.2, -0.15) is 4.57 Å². The highest BCUT2D eigenvalue weighted by atomic mass is 32.1. The van der Waals surface area contributed by atoms with Gasteiger partial charge < -0.3 is 9.84 Å². The number of benzene rings is 1. The lowest BCUT2D eigenvalue weighted by atomic mass is 10.3. The fourth-order valence-corrected chi connectivity index (χ4v) is 3.11. The minimum absolute atomic E-state index is 0.139. The van der Waals surface area contributed by atoms with Gasteiger partial charge in [-0.1, -0.05) is 23.5 Å². The zero-order valence-corrected chi connectivity index (χ0v) is 11.5. The smallest absolute Gasteiger partial charge is 0.266 e. The first-order valence-corrected chi connectivity index (χ1v) is 6.91. The van der Waals surface area contributed by atoms with Crippen LogP contribution in [-0.4, -0.2) is 18.3 Å². The average molecular weight is 264 g/mol. The predicted octanol–water partition coefficient (Wildman–Crippen LogP) is 2.58. The lowest BCUT2D eigenvalue weighted by molar-refractivity contribution is -0.670. The Morgan fingerprint density at radius 2 is 2.22 bits per heavy atom. The van der Waals surface area contributed by atoms with Gasteiger partial charge in [0.2, 0.25) is 5.52 Å². The maximum absolute atomic E-state index is 9.19. The molecule has 0 fully saturated rings. The van der Waals surface area contributed by atoms with E-state index in [1.165, 1.54) is 4.70 Å². The van der Waals surface area contributed by atoms with Gasteiger partial charge in [-0.25, -0.2) is 0 Å². The van der Waals surface area contributed by atoms with Gasteiger partial charge in [-0.15, -0.1) is 0 Å². The number of fused-ring (bicyclic) bond motifs is 1. The summed E-state index contributed by atoms with van der Waals surface area (Å²) in [5.41, 5.74) is 1.16. The molecular weight excluding hydrogens is 246 g/mol. The quantitative estimate of drug-likeness (QED) is 0.665. The lowest BCUT2D eigenvalue weighted by Gasteiger charge is -2.00. The predicted molar refractivity (Wildman–Crippen MR) is 74.4 cm³/mol. The number of hydrogen-bond donors (Lipinski definition) is 1. The van der Waals surface area contributed by atoms with Crippen LogP contribution in [0, 0.1) is 0 Å². The number of rotatable bonds is 5. The van der Waals surface area contributed by atoms with Crippen LogP contribution in [-0.2, 0) is 11.3 Å². The third-order valence-corrected chi connectivity index (χ3v) is 3.77. The molecule has 0 atom stereocenters. The normalized spacial score (nSPS) is 12.1. The van der Waals surface area contributed by atoms with E-state index >= 15 is 0 Å². The highest BCUT2D eigenvalue weighted by Crippen LogP contribution is 2.22. The summed E-state index contributed by atoms with van der Waals surface area (Å²) in [6, 6.07) is 8.23. The second-order valence-electron chi connectivity index (χ2n) is 3.97. The number of aliphatic hydroxyl groups excluding tert-OH is 1. The second kappa shape index (κ2) is 5.98. The van der Waals surface area contributed by atoms with Crippen molar-refractivity contribution in [2.75, 3.05) is 13.2 Å². The zero-order valence-electron chi connectivity index (χ0n) is 10.7. The van der Waals surface area contributed by atoms with Crippen molar-refractivity contribution >= 4 is 27.6 Å². The number of para-hydroxylation sites is 1. The van der Waals surface area contributed by atoms with Crippen LogP contribution < -0.4 is 4.57 Å². The largest absolute Gasteiger partial charge is 0.498 e. The minimum atomic E-state index is 0.139. The molecule has 4 heteroatoms. The third kappa shape index (κ3) is 2.71. The molecule has 0 unspecified atom stereocenters. The van der Waals surface area contributed by atoms with E-state index in [4.69, 9.17) is 4.74 Å². The van der Waals surface area contributed by atoms with Crippen LogP contribution in [0.5, 0.6) is 0 Å². The fourth-order valence-electron chi connectivity index (χ4n) is 1.93. The van der Waals surface area contributed by atoms with E-state index in [1.54, 1.807) is 11.3 Å². The van der Waals surface area contributed by atoms with Crippen molar-refractivity contribution in [2.24, 2.45) is 0 Å². The number of aromatic nitrogens is 1. The van der Waals surface area contributed by atoms with Gasteiger partial charge in [0.05, 0.1) is 12.7 Å². The molecule has 0 bridgehead atoms. The van der Waals surface area contributed by atoms with Crippen LogP contribution in [0.25, 0.3) is 16.3 Å². The van der Waals surface area contributed by atoms with Gasteiger partial charge in [-0.3, -0.25) is 0 Å². The maximum Gasteiger partial charge on any atom is 0.266 e. The standard InChI is InChI=1S/C14H18NO2S/c1-3-17-11(2)10-14-15(8-9-16)12-6-4-5-7-13(12)18-14/h4-7,10,16H,3,8-9H2,1-2H3/q+1/b11-10+. The molecule has 0 aliphatic rings. The molecule has 1 heterocycles. The van der Waals surface area contributed by atoms with Crippen molar-refractivity contribution in [3.05, 3.63) is 35.0 Å². The maximum atomic E-state index is 9.19. The van der Waals surface area contributed by atoms with E-state index in [0.717, 1.165) is 16.3 Å². The first-order valence-electron chi connectivity index (χ1n) is 6.09. The van der Waals surface area contributed by atoms with Crippen LogP contribution >= 0.6 is 11.3 Å². The highest BCUT2D eigenvalue weighted by Gasteiger charge is 2.18. The van der Waals surface area contributed by atoms with Crippen LogP contribution in [0.2, 0.25) is 0 Å². The molecule has 18 heavy (non-hydrogen) atoms. The lowest BCUT2D eigenvalue weighted by Crippen LogP contribution is -2.36. The Labute approximate surface area is 111 Å². The molecular formula is C14H18NO2S+. The molecule has 0 radical (unpaired) electrons. The topological polar surface area (TPSA) is 33.3 Å². The molecule has 2 rings (SSSR count). The Balaban J connectivity index is 2.48. The van der Waals surface area contributed by atoms with E-state index in [-0.39, 0.29) is 6.61 Å². The van der Waals surface area contributed by atoms with Crippen LogP contribution in [0.15, 0.2) is 30.0 Å². The third-order valence-electron chi connectivity index (χ3n) is 2.66. The molecule has 1 aromatic carbocycles. The SMILES string of the molecule is CCO/C(C)=C/c1sc2ccccc2[n+]1CCO. The van der Waals surface area contributed by atoms with E-state index in [1.807, 2.05) is 32.1 Å². The van der Waals surface area contributed by atoms with Gasteiger partial charge in [0.15, 0.2) is 6.54 Å². The fraction of sp³-hybridized carbons (Fsp3) is 0.357. The molecule has 3 nitrogen and oxygen atoms in total. The number of thiazole rings is 1. The Kier molecular flexibility index (Phi) is 4.33. The van der Waals surface area contributed by atoms with E-state index in [9.17, 15) is 5.11 Å². The second-order valence-corrected chi connectivity index (χ2v) is 5.03. The van der Waals surface area contributed by atoms with Gasteiger partial charge in [0.25, 0.3) is 5.01 Å². The monoisotopic (exact) mass is 264 g/mol. The summed E-state index contributed by atoms with van der Waals surface area (Å²) in [7, 11) is 0. The first-order chi connectivity index (χ1) is 8.76. The molecule has 0 amide bonds. The van der Waals surface area contributed by atoms with Crippen molar-refractivity contribution in [3.8, 4) is 0 Å². The molecule has 1 N–H and O–H groups in total. The summed E-state index contributed by atoms with van der Waals surface area (Å²) in [4.78, 5) is 0. The number of ether oxygens (including phenoxy) is 1. The van der Waals surface area contributed by atoms with Crippen molar-refractivity contribution in [1.29, 1.82) is 0 Å². The highest BCUT2D eigenvalue weighted by molar-refractivity contribution is 7.18. The molecule has 0 aliphatic heterocycles. The summed E-state index contributed by atoms with van der Waals surface area (Å²) >= 11 is 1.71. The number of allylic oxidation sites excluding steroid dienone is 1. The molecule has 0 spiro atoms. The van der Waals surface area contributed by atoms with Crippen molar-refractivity contribution in [3.63, 3.8) is 0 Å². The van der Waals surface area contributed by atoms with Gasteiger partial charge in [0.1, 0.15) is 17.1 Å². The Bertz CT molecular complexity index is 560. The van der Waals surface area contributed by atoms with Gasteiger partial charge >= 0.3 is 0 Å². The summed E-state index contributed by atoms with van der Waals surface area (Å²) in [5, 5.41) is 10.3. The molecule has 0 saturated carbocycles. The zero-order chi connectivity index (χ0) is 13.0. The number of hydrogen-bond acceptors (Lipinski definition) is 3. The molecule has 2 aromatic rings. The number of nitrogens with zero attached hydrogens (tertiary/aromatic N) is 1. The van der Waals surface area contributed by atoms with Crippen molar-refractivity contribution < 1.29 is 14.4 Å². The molecule has 0 aliphatic carbocycles. The van der Waals surface area contributed by atoms with Crippen LogP contribution in [0.3, 0.4) is 0 Å². The first kappa shape index (κ1) is 13.1. The van der Waals surface area contributed by atoms with E-state index in [0.29, 0.717) is 13.2 Å². The van der Waals surface area contributed by atoms with Crippen molar-refractivity contribution in [1.82, 2.24) is 0 Å². The minimum Gasteiger partial charge on any atom is -0.498 e. The van der Waals surface area contributed by atoms with Gasteiger partial charge in [-0.05, 0) is 19.9 Å². The Morgan fingerprint density at radius 1 is 1.44 bits per heavy atom. The molecule has 0 saturated heterocycles. The molecule has 1 aromatic heterocycles.